The molecule has 0 aromatic rings. The van der Waals surface area contributed by atoms with Crippen molar-refractivity contribution in [1.82, 2.24) is 35.1 Å². The quantitative estimate of drug-likeness (QED) is 0.155. The van der Waals surface area contributed by atoms with Gasteiger partial charge in [0.15, 0.2) is 0 Å². The molecule has 0 aliphatic carbocycles. The second-order valence-electron chi connectivity index (χ2n) is 9.70. The smallest absolute Gasteiger partial charge is 0.238 e. The zero-order valence-corrected chi connectivity index (χ0v) is 32.8. The number of hydrogen-bond donors (Lipinski definition) is 2. The Bertz CT molecular complexity index is 935. The Morgan fingerprint density at radius 1 is 0.542 bits per heavy atom. The zero-order chi connectivity index (χ0) is 39.9. The fourth-order valence-electron chi connectivity index (χ4n) is 1.50. The van der Waals surface area contributed by atoms with Crippen molar-refractivity contribution >= 4 is 58.9 Å². The number of carbonyl (C=O) groups excluding carboxylic acids is 8. The number of β-lactam (4-membered cyclic amide) rings is 4. The maximum Gasteiger partial charge on any atom is 0.238 e. The van der Waals surface area contributed by atoms with E-state index in [9.17, 15) is 38.4 Å². The Labute approximate surface area is 288 Å². The summed E-state index contributed by atoms with van der Waals surface area (Å²) in [6, 6.07) is 0. The first-order valence-electron chi connectivity index (χ1n) is 14.8. The van der Waals surface area contributed by atoms with Gasteiger partial charge >= 0.3 is 0 Å². The summed E-state index contributed by atoms with van der Waals surface area (Å²) in [7, 11) is 19.1. The number of amides is 8. The summed E-state index contributed by atoms with van der Waals surface area (Å²) in [5.41, 5.74) is 0. The highest BCUT2D eigenvalue weighted by molar-refractivity contribution is 6.15. The second-order valence-corrected chi connectivity index (χ2v) is 9.70. The van der Waals surface area contributed by atoms with Crippen LogP contribution < -0.4 is 10.6 Å². The molecule has 2 heterocycles. The number of rotatable bonds is 0. The van der Waals surface area contributed by atoms with Crippen LogP contribution in [-0.4, -0.2) is 161 Å². The van der Waals surface area contributed by atoms with Gasteiger partial charge in [-0.25, -0.2) is 0 Å². The predicted octanol–water partition coefficient (Wildman–Crippen LogP) is 0.485. The van der Waals surface area contributed by atoms with Gasteiger partial charge in [-0.05, 0) is 35.0 Å². The molecule has 0 aromatic carbocycles. The standard InChI is InChI=1S/2C5H9NO2.2C4H10N2.2C4H5NO2.C3H9N.C2H6/c2*1-4(7)6(3)5(2)8;2*1-4(5-2)6-3;2*1-5-3(6)2-4(5)7;1-4(2)3;1-2/h2*1-3H3;2*1-3H3,(H,5,6);2*2H2,1H3;1-3H3;1-2H3. The molecule has 17 nitrogen and oxygen atoms in total. The summed E-state index contributed by atoms with van der Waals surface area (Å²) in [6.45, 7) is 13.2. The number of nitrogens with zero attached hydrogens (tertiary/aromatic N) is 7. The van der Waals surface area contributed by atoms with Crippen molar-refractivity contribution in [1.29, 1.82) is 0 Å². The van der Waals surface area contributed by atoms with Gasteiger partial charge in [-0.15, -0.1) is 0 Å². The van der Waals surface area contributed by atoms with Crippen LogP contribution in [0.3, 0.4) is 0 Å². The summed E-state index contributed by atoms with van der Waals surface area (Å²) in [4.78, 5) is 95.7. The minimum Gasteiger partial charge on any atom is -0.377 e. The first-order valence-corrected chi connectivity index (χ1v) is 14.8. The second kappa shape index (κ2) is 33.8. The highest BCUT2D eigenvalue weighted by Crippen LogP contribution is 2.05. The molecule has 2 saturated heterocycles. The van der Waals surface area contributed by atoms with Crippen LogP contribution in [-0.2, 0) is 38.4 Å². The molecule has 0 aromatic heterocycles. The Morgan fingerprint density at radius 3 is 0.708 bits per heavy atom. The third kappa shape index (κ3) is 35.9. The Morgan fingerprint density at radius 2 is 0.708 bits per heavy atom. The average Bonchev–Trinajstić information content (AvgIpc) is 3.04. The van der Waals surface area contributed by atoms with Crippen molar-refractivity contribution in [2.45, 2.75) is 68.2 Å². The molecule has 2 rings (SSSR count). The predicted molar refractivity (Wildman–Crippen MR) is 190 cm³/mol. The van der Waals surface area contributed by atoms with Crippen molar-refractivity contribution in [2.24, 2.45) is 9.98 Å². The minimum absolute atomic E-state index is 0.0787. The van der Waals surface area contributed by atoms with Crippen LogP contribution >= 0.6 is 0 Å². The molecule has 48 heavy (non-hydrogen) atoms. The monoisotopic (exact) mass is 689 g/mol. The molecule has 0 spiro atoms. The maximum absolute atomic E-state index is 10.3. The first kappa shape index (κ1) is 55.8. The molecule has 2 aliphatic heterocycles. The summed E-state index contributed by atoms with van der Waals surface area (Å²) < 4.78 is 0. The van der Waals surface area contributed by atoms with E-state index in [1.807, 2.05) is 67.8 Å². The molecule has 2 fully saturated rings. The van der Waals surface area contributed by atoms with Crippen molar-refractivity contribution < 1.29 is 38.4 Å². The van der Waals surface area contributed by atoms with Crippen LogP contribution in [0.1, 0.15) is 68.2 Å². The van der Waals surface area contributed by atoms with Gasteiger partial charge in [0.2, 0.25) is 47.3 Å². The van der Waals surface area contributed by atoms with Crippen LogP contribution in [0.15, 0.2) is 9.98 Å². The number of carbonyl (C=O) groups is 8. The fraction of sp³-hybridized carbons (Fsp3) is 0.677. The number of hydrogen-bond acceptors (Lipinski definition) is 11. The van der Waals surface area contributed by atoms with Gasteiger partial charge in [-0.2, -0.15) is 0 Å². The van der Waals surface area contributed by atoms with Crippen LogP contribution in [0.2, 0.25) is 0 Å². The van der Waals surface area contributed by atoms with Gasteiger partial charge in [0.25, 0.3) is 0 Å². The number of aliphatic imine (C=N–C) groups is 2. The van der Waals surface area contributed by atoms with E-state index in [1.54, 1.807) is 14.1 Å². The summed E-state index contributed by atoms with van der Waals surface area (Å²) in [5, 5.41) is 5.73. The van der Waals surface area contributed by atoms with Crippen molar-refractivity contribution in [2.75, 3.05) is 77.5 Å². The number of imide groups is 4. The van der Waals surface area contributed by atoms with Crippen LogP contribution in [0, 0.1) is 0 Å². The molecule has 0 atom stereocenters. The molecule has 17 heteroatoms. The van der Waals surface area contributed by atoms with Gasteiger partial charge < -0.3 is 15.5 Å². The first-order chi connectivity index (χ1) is 21.9. The number of nitrogens with one attached hydrogen (secondary N) is 2. The van der Waals surface area contributed by atoms with Crippen molar-refractivity contribution in [3.05, 3.63) is 0 Å². The lowest BCUT2D eigenvalue weighted by molar-refractivity contribution is -0.157. The molecular formula is C31H63N9O8. The molecule has 8 amide bonds. The molecule has 0 unspecified atom stereocenters. The number of likely N-dealkylation sites (tertiary alicyclic amines) is 2. The molecule has 2 aliphatic rings. The molecule has 280 valence electrons. The van der Waals surface area contributed by atoms with E-state index in [0.717, 1.165) is 31.3 Å². The number of amidine groups is 2. The van der Waals surface area contributed by atoms with Crippen LogP contribution in [0.25, 0.3) is 0 Å². The SMILES string of the molecule is CC.CC(=O)N(C)C(C)=O.CC(=O)N(C)C(C)=O.CN(C)C.CN1C(=O)CC1=O.CN1C(=O)CC1=O.CN=C(C)NC.CN=C(C)NC. The lowest BCUT2D eigenvalue weighted by Gasteiger charge is -2.22. The van der Waals surface area contributed by atoms with Gasteiger partial charge in [0.05, 0.1) is 11.7 Å². The normalized spacial score (nSPS) is 12.3. The average molecular weight is 690 g/mol. The van der Waals surface area contributed by atoms with Gasteiger partial charge in [0.1, 0.15) is 12.8 Å². The highest BCUT2D eigenvalue weighted by Gasteiger charge is 2.30. The van der Waals surface area contributed by atoms with Crippen LogP contribution in [0.4, 0.5) is 0 Å². The van der Waals surface area contributed by atoms with E-state index in [2.05, 4.69) is 20.6 Å². The van der Waals surface area contributed by atoms with E-state index in [1.165, 1.54) is 55.9 Å². The molecule has 0 radical (unpaired) electrons. The summed E-state index contributed by atoms with van der Waals surface area (Å²) in [6.07, 6.45) is 0.215. The summed E-state index contributed by atoms with van der Waals surface area (Å²) in [5.74, 6) is 0.722. The van der Waals surface area contributed by atoms with E-state index in [4.69, 9.17) is 0 Å². The Hall–Kier alpha value is -4.54. The molecule has 0 bridgehead atoms. The van der Waals surface area contributed by atoms with E-state index in [0.29, 0.717) is 0 Å². The van der Waals surface area contributed by atoms with Gasteiger partial charge in [0, 0.05) is 84.1 Å². The summed E-state index contributed by atoms with van der Waals surface area (Å²) >= 11 is 0. The lowest BCUT2D eigenvalue weighted by Crippen LogP contribution is -2.45. The Balaban J connectivity index is -0.000000107. The van der Waals surface area contributed by atoms with Gasteiger partial charge in [-0.1, -0.05) is 13.8 Å². The van der Waals surface area contributed by atoms with Crippen LogP contribution in [0.5, 0.6) is 0 Å². The third-order valence-electron chi connectivity index (χ3n) is 5.39. The van der Waals surface area contributed by atoms with Crippen molar-refractivity contribution in [3.63, 3.8) is 0 Å². The fourth-order valence-corrected chi connectivity index (χ4v) is 1.50. The Kier molecular flexibility index (Phi) is 39.3. The molecule has 2 N–H and O–H groups in total. The van der Waals surface area contributed by atoms with E-state index in [-0.39, 0.29) is 60.1 Å². The third-order valence-corrected chi connectivity index (χ3v) is 5.39. The minimum atomic E-state index is -0.225. The van der Waals surface area contributed by atoms with E-state index < -0.39 is 0 Å². The largest absolute Gasteiger partial charge is 0.377 e. The maximum atomic E-state index is 10.3. The van der Waals surface area contributed by atoms with Gasteiger partial charge in [-0.3, -0.25) is 67.9 Å². The van der Waals surface area contributed by atoms with Crippen molar-refractivity contribution in [3.8, 4) is 0 Å². The highest BCUT2D eigenvalue weighted by atomic mass is 16.2. The topological polar surface area (TPSA) is 202 Å². The molecule has 0 saturated carbocycles. The zero-order valence-electron chi connectivity index (χ0n) is 32.8. The molecular weight excluding hydrogens is 626 g/mol. The van der Waals surface area contributed by atoms with E-state index >= 15 is 0 Å². The lowest BCUT2D eigenvalue weighted by atomic mass is 10.2.